The van der Waals surface area contributed by atoms with Crippen molar-refractivity contribution in [3.8, 4) is 5.88 Å². The average molecular weight is 342 g/mol. The fraction of sp³-hybridized carbons (Fsp3) is 0.579. The maximum absolute atomic E-state index is 10.8. The number of aromatic nitrogens is 1. The molecular formula is C19H26N4O2. The molecule has 0 bridgehead atoms. The Labute approximate surface area is 149 Å². The van der Waals surface area contributed by atoms with E-state index in [1.165, 1.54) is 0 Å². The Bertz CT molecular complexity index is 678. The van der Waals surface area contributed by atoms with E-state index < -0.39 is 0 Å². The van der Waals surface area contributed by atoms with Gasteiger partial charge in [-0.15, -0.1) is 0 Å². The average Bonchev–Trinajstić information content (AvgIpc) is 3.05. The summed E-state index contributed by atoms with van der Waals surface area (Å²) in [6, 6.07) is 3.74. The molecule has 1 atom stereocenters. The summed E-state index contributed by atoms with van der Waals surface area (Å²) >= 11 is 0. The zero-order valence-electron chi connectivity index (χ0n) is 15.1. The first kappa shape index (κ1) is 17.6. The third-order valence-corrected chi connectivity index (χ3v) is 5.63. The van der Waals surface area contributed by atoms with Gasteiger partial charge in [-0.2, -0.15) is 4.91 Å². The Kier molecular flexibility index (Phi) is 5.16. The molecule has 0 amide bonds. The number of piperidine rings is 1. The predicted octanol–water partition coefficient (Wildman–Crippen LogP) is 4.18. The van der Waals surface area contributed by atoms with E-state index in [0.717, 1.165) is 62.3 Å². The first-order valence-electron chi connectivity index (χ1n) is 8.91. The van der Waals surface area contributed by atoms with Gasteiger partial charge in [-0.1, -0.05) is 11.8 Å². The van der Waals surface area contributed by atoms with Crippen LogP contribution in [0, 0.1) is 10.3 Å². The van der Waals surface area contributed by atoms with Crippen molar-refractivity contribution >= 4 is 17.6 Å². The van der Waals surface area contributed by atoms with Crippen molar-refractivity contribution in [2.24, 2.45) is 15.6 Å². The number of methoxy groups -OCH3 is 1. The summed E-state index contributed by atoms with van der Waals surface area (Å²) in [4.78, 5) is 22.1. The lowest BCUT2D eigenvalue weighted by Gasteiger charge is -2.41. The van der Waals surface area contributed by atoms with E-state index in [4.69, 9.17) is 4.74 Å². The summed E-state index contributed by atoms with van der Waals surface area (Å²) in [6.45, 7) is 8.02. The van der Waals surface area contributed by atoms with Gasteiger partial charge in [0.25, 0.3) is 0 Å². The zero-order chi connectivity index (χ0) is 17.9. The summed E-state index contributed by atoms with van der Waals surface area (Å²) in [5, 5.41) is 3.27. The Hall–Kier alpha value is -2.24. The van der Waals surface area contributed by atoms with Gasteiger partial charge in [0.15, 0.2) is 0 Å². The Balaban J connectivity index is 1.73. The summed E-state index contributed by atoms with van der Waals surface area (Å²) in [5.74, 6) is 0.565. The molecule has 0 radical (unpaired) electrons. The van der Waals surface area contributed by atoms with Gasteiger partial charge in [0.1, 0.15) is 5.69 Å². The summed E-state index contributed by atoms with van der Waals surface area (Å²) < 4.78 is 5.26. The van der Waals surface area contributed by atoms with Crippen LogP contribution < -0.4 is 4.74 Å². The molecule has 3 rings (SSSR count). The quantitative estimate of drug-likeness (QED) is 0.594. The molecule has 0 aromatic carbocycles. The van der Waals surface area contributed by atoms with E-state index in [1.807, 2.05) is 19.1 Å². The second kappa shape index (κ2) is 7.33. The molecule has 1 aliphatic carbocycles. The molecule has 1 spiro atoms. The molecule has 25 heavy (non-hydrogen) atoms. The van der Waals surface area contributed by atoms with Gasteiger partial charge in [-0.3, -0.25) is 4.99 Å². The van der Waals surface area contributed by atoms with Crippen LogP contribution in [0.4, 0.5) is 5.69 Å². The second-order valence-corrected chi connectivity index (χ2v) is 7.04. The van der Waals surface area contributed by atoms with Gasteiger partial charge >= 0.3 is 0 Å². The number of aliphatic imine (C=N–C) groups is 1. The minimum atomic E-state index is 0.0142. The largest absolute Gasteiger partial charge is 0.481 e. The standard InChI is InChI=1S/C19H26N4O2/c1-4-20-16-5-6-17(25-3)21-18(16)14(2)23-11-9-19(10-12-23)8-7-15(13-19)22-24/h4-6,15H,2,7-13H2,1,3H3. The topological polar surface area (TPSA) is 67.2 Å². The van der Waals surface area contributed by atoms with Crippen molar-refractivity contribution in [1.82, 2.24) is 9.88 Å². The number of hydrogen-bond acceptors (Lipinski definition) is 6. The Morgan fingerprint density at radius 2 is 2.16 bits per heavy atom. The van der Waals surface area contributed by atoms with Crippen LogP contribution in [0.3, 0.4) is 0 Å². The molecule has 1 aromatic rings. The number of nitroso groups, excluding NO2 is 1. The van der Waals surface area contributed by atoms with E-state index in [2.05, 4.69) is 26.6 Å². The van der Waals surface area contributed by atoms with Crippen molar-refractivity contribution in [1.29, 1.82) is 0 Å². The Morgan fingerprint density at radius 1 is 1.40 bits per heavy atom. The van der Waals surface area contributed by atoms with Crippen LogP contribution in [0.15, 0.2) is 28.9 Å². The number of pyridine rings is 1. The molecule has 1 aliphatic heterocycles. The van der Waals surface area contributed by atoms with Gasteiger partial charge in [-0.25, -0.2) is 4.98 Å². The molecule has 2 fully saturated rings. The SMILES string of the molecule is C=C(c1nc(OC)ccc1N=CC)N1CCC2(CCC(N=O)C2)CC1. The number of nitrogens with zero attached hydrogens (tertiary/aromatic N) is 4. The third kappa shape index (κ3) is 3.57. The predicted molar refractivity (Wildman–Crippen MR) is 100 cm³/mol. The minimum absolute atomic E-state index is 0.0142. The lowest BCUT2D eigenvalue weighted by Crippen LogP contribution is -2.38. The molecule has 6 heteroatoms. The fourth-order valence-electron chi connectivity index (χ4n) is 4.12. The molecule has 1 aromatic heterocycles. The van der Waals surface area contributed by atoms with E-state index >= 15 is 0 Å². The van der Waals surface area contributed by atoms with Gasteiger partial charge in [0, 0.05) is 25.4 Å². The van der Waals surface area contributed by atoms with Gasteiger partial charge in [-0.05, 0) is 50.5 Å². The normalized spacial score (nSPS) is 22.5. The molecule has 0 N–H and O–H groups in total. The summed E-state index contributed by atoms with van der Waals surface area (Å²) in [5.41, 5.74) is 2.76. The van der Waals surface area contributed by atoms with Gasteiger partial charge in [0.2, 0.25) is 5.88 Å². The van der Waals surface area contributed by atoms with E-state index in [9.17, 15) is 4.91 Å². The van der Waals surface area contributed by atoms with Crippen LogP contribution >= 0.6 is 0 Å². The highest BCUT2D eigenvalue weighted by molar-refractivity contribution is 5.73. The minimum Gasteiger partial charge on any atom is -0.481 e. The number of ether oxygens (including phenoxy) is 1. The molecule has 2 heterocycles. The van der Waals surface area contributed by atoms with Crippen LogP contribution in [0.1, 0.15) is 44.7 Å². The lowest BCUT2D eigenvalue weighted by atomic mass is 9.76. The monoisotopic (exact) mass is 342 g/mol. The molecule has 6 nitrogen and oxygen atoms in total. The number of rotatable bonds is 5. The van der Waals surface area contributed by atoms with Crippen LogP contribution in [0.2, 0.25) is 0 Å². The van der Waals surface area contributed by atoms with Crippen molar-refractivity contribution < 1.29 is 4.74 Å². The van der Waals surface area contributed by atoms with Crippen molar-refractivity contribution in [3.05, 3.63) is 29.3 Å². The van der Waals surface area contributed by atoms with Crippen LogP contribution in [-0.4, -0.2) is 42.3 Å². The third-order valence-electron chi connectivity index (χ3n) is 5.63. The first-order chi connectivity index (χ1) is 12.1. The molecule has 1 saturated carbocycles. The zero-order valence-corrected chi connectivity index (χ0v) is 15.1. The smallest absolute Gasteiger partial charge is 0.213 e. The maximum atomic E-state index is 10.8. The Morgan fingerprint density at radius 3 is 2.76 bits per heavy atom. The van der Waals surface area contributed by atoms with E-state index in [1.54, 1.807) is 13.3 Å². The van der Waals surface area contributed by atoms with Crippen molar-refractivity contribution in [2.75, 3.05) is 20.2 Å². The number of hydrogen-bond donors (Lipinski definition) is 0. The highest BCUT2D eigenvalue weighted by Gasteiger charge is 2.42. The van der Waals surface area contributed by atoms with E-state index in [-0.39, 0.29) is 6.04 Å². The molecule has 1 unspecified atom stereocenters. The number of likely N-dealkylation sites (tertiary alicyclic amines) is 1. The summed E-state index contributed by atoms with van der Waals surface area (Å²) in [6.07, 6.45) is 6.92. The van der Waals surface area contributed by atoms with Crippen molar-refractivity contribution in [3.63, 3.8) is 0 Å². The van der Waals surface area contributed by atoms with Gasteiger partial charge in [0.05, 0.1) is 24.5 Å². The van der Waals surface area contributed by atoms with Crippen LogP contribution in [-0.2, 0) is 0 Å². The molecule has 134 valence electrons. The first-order valence-corrected chi connectivity index (χ1v) is 8.91. The highest BCUT2D eigenvalue weighted by atomic mass is 16.5. The molecule has 1 saturated heterocycles. The lowest BCUT2D eigenvalue weighted by molar-refractivity contribution is 0.146. The fourth-order valence-corrected chi connectivity index (χ4v) is 4.12. The van der Waals surface area contributed by atoms with Crippen LogP contribution in [0.5, 0.6) is 5.88 Å². The molecule has 2 aliphatic rings. The van der Waals surface area contributed by atoms with E-state index in [0.29, 0.717) is 11.3 Å². The van der Waals surface area contributed by atoms with Crippen LogP contribution in [0.25, 0.3) is 5.70 Å². The van der Waals surface area contributed by atoms with Gasteiger partial charge < -0.3 is 9.64 Å². The summed E-state index contributed by atoms with van der Waals surface area (Å²) in [7, 11) is 1.61. The second-order valence-electron chi connectivity index (χ2n) is 7.04. The highest BCUT2D eigenvalue weighted by Crippen LogP contribution is 2.48. The van der Waals surface area contributed by atoms with Crippen molar-refractivity contribution in [2.45, 2.75) is 45.1 Å². The maximum Gasteiger partial charge on any atom is 0.213 e. The molecular weight excluding hydrogens is 316 g/mol.